The van der Waals surface area contributed by atoms with Gasteiger partial charge in [-0.05, 0) is 35.8 Å². The Morgan fingerprint density at radius 2 is 2.00 bits per heavy atom. The van der Waals surface area contributed by atoms with Crippen molar-refractivity contribution >= 4 is 12.0 Å². The first-order valence-electron chi connectivity index (χ1n) is 6.72. The molecule has 0 radical (unpaired) electrons. The molecule has 3 heteroatoms. The van der Waals surface area contributed by atoms with E-state index in [2.05, 4.69) is 29.4 Å². The van der Waals surface area contributed by atoms with E-state index in [1.54, 1.807) is 12.3 Å². The summed E-state index contributed by atoms with van der Waals surface area (Å²) in [6.07, 6.45) is 6.10. The highest BCUT2D eigenvalue weighted by atomic mass is 16.1. The number of pyridine rings is 1. The molecule has 102 valence electrons. The maximum atomic E-state index is 11.7. The van der Waals surface area contributed by atoms with Crippen LogP contribution >= 0.6 is 0 Å². The molecule has 1 N–H and O–H groups in total. The molecule has 0 atom stereocenters. The summed E-state index contributed by atoms with van der Waals surface area (Å²) >= 11 is 0. The molecule has 2 aromatic rings. The summed E-state index contributed by atoms with van der Waals surface area (Å²) < 4.78 is 0. The second-order valence-electron chi connectivity index (χ2n) is 4.47. The predicted molar refractivity (Wildman–Crippen MR) is 80.9 cm³/mol. The average Bonchev–Trinajstić information content (AvgIpc) is 2.52. The minimum absolute atomic E-state index is 0.116. The predicted octanol–water partition coefficient (Wildman–Crippen LogP) is 2.97. The molecule has 0 fully saturated rings. The Balaban J connectivity index is 1.85. The molecular weight excluding hydrogens is 248 g/mol. The second-order valence-corrected chi connectivity index (χ2v) is 4.47. The van der Waals surface area contributed by atoms with Crippen molar-refractivity contribution in [3.05, 3.63) is 71.6 Å². The van der Waals surface area contributed by atoms with E-state index in [0.717, 1.165) is 17.7 Å². The Labute approximate surface area is 119 Å². The molecule has 1 aromatic carbocycles. The molecule has 0 aliphatic heterocycles. The molecule has 3 nitrogen and oxygen atoms in total. The highest BCUT2D eigenvalue weighted by Crippen LogP contribution is 2.06. The van der Waals surface area contributed by atoms with E-state index in [1.165, 1.54) is 5.56 Å². The van der Waals surface area contributed by atoms with Gasteiger partial charge in [-0.3, -0.25) is 9.78 Å². The monoisotopic (exact) mass is 266 g/mol. The van der Waals surface area contributed by atoms with Crippen LogP contribution in [0.3, 0.4) is 0 Å². The van der Waals surface area contributed by atoms with Crippen molar-refractivity contribution in [3.8, 4) is 0 Å². The van der Waals surface area contributed by atoms with Crippen LogP contribution in [0.25, 0.3) is 6.08 Å². The third-order valence-corrected chi connectivity index (χ3v) is 2.99. The number of rotatable bonds is 5. The highest BCUT2D eigenvalue weighted by molar-refractivity contribution is 5.91. The zero-order valence-electron chi connectivity index (χ0n) is 11.5. The van der Waals surface area contributed by atoms with E-state index in [9.17, 15) is 4.79 Å². The van der Waals surface area contributed by atoms with Gasteiger partial charge in [0.2, 0.25) is 5.91 Å². The number of aryl methyl sites for hydroxylation is 1. The van der Waals surface area contributed by atoms with Crippen LogP contribution in [-0.2, 0) is 17.8 Å². The van der Waals surface area contributed by atoms with E-state index in [0.29, 0.717) is 6.54 Å². The summed E-state index contributed by atoms with van der Waals surface area (Å²) in [4.78, 5) is 15.8. The van der Waals surface area contributed by atoms with Gasteiger partial charge in [0.05, 0.1) is 12.2 Å². The molecule has 0 spiro atoms. The number of benzene rings is 1. The number of hydrogen-bond donors (Lipinski definition) is 1. The lowest BCUT2D eigenvalue weighted by atomic mass is 10.1. The number of aromatic nitrogens is 1. The lowest BCUT2D eigenvalue weighted by Gasteiger charge is -2.01. The van der Waals surface area contributed by atoms with Gasteiger partial charge in [-0.25, -0.2) is 0 Å². The lowest BCUT2D eigenvalue weighted by Crippen LogP contribution is -2.20. The van der Waals surface area contributed by atoms with Gasteiger partial charge < -0.3 is 5.32 Å². The van der Waals surface area contributed by atoms with E-state index < -0.39 is 0 Å². The molecule has 1 aromatic heterocycles. The van der Waals surface area contributed by atoms with Crippen molar-refractivity contribution < 1.29 is 4.79 Å². The topological polar surface area (TPSA) is 42.0 Å². The normalized spacial score (nSPS) is 10.7. The molecule has 0 bridgehead atoms. The van der Waals surface area contributed by atoms with Gasteiger partial charge in [-0.1, -0.05) is 37.3 Å². The third-order valence-electron chi connectivity index (χ3n) is 2.99. The Morgan fingerprint density at radius 3 is 2.65 bits per heavy atom. The van der Waals surface area contributed by atoms with Gasteiger partial charge in [0, 0.05) is 12.3 Å². The summed E-state index contributed by atoms with van der Waals surface area (Å²) in [7, 11) is 0. The van der Waals surface area contributed by atoms with E-state index in [-0.39, 0.29) is 5.91 Å². The van der Waals surface area contributed by atoms with Crippen molar-refractivity contribution in [2.75, 3.05) is 0 Å². The van der Waals surface area contributed by atoms with Crippen LogP contribution in [0.5, 0.6) is 0 Å². The van der Waals surface area contributed by atoms with E-state index >= 15 is 0 Å². The van der Waals surface area contributed by atoms with Crippen molar-refractivity contribution in [1.82, 2.24) is 10.3 Å². The zero-order chi connectivity index (χ0) is 14.2. The molecule has 1 heterocycles. The maximum absolute atomic E-state index is 11.7. The van der Waals surface area contributed by atoms with Gasteiger partial charge >= 0.3 is 0 Å². The SMILES string of the molecule is CCc1ccc(/C=C/C(=O)NCc2ccccn2)cc1. The fourth-order valence-electron chi connectivity index (χ4n) is 1.78. The third kappa shape index (κ3) is 4.35. The molecule has 0 aliphatic rings. The number of carbonyl (C=O) groups is 1. The second kappa shape index (κ2) is 7.24. The van der Waals surface area contributed by atoms with Crippen LogP contribution in [0.2, 0.25) is 0 Å². The number of nitrogens with zero attached hydrogens (tertiary/aromatic N) is 1. The number of nitrogens with one attached hydrogen (secondary N) is 1. The maximum Gasteiger partial charge on any atom is 0.244 e. The summed E-state index contributed by atoms with van der Waals surface area (Å²) in [5.41, 5.74) is 3.17. The number of hydrogen-bond acceptors (Lipinski definition) is 2. The van der Waals surface area contributed by atoms with Crippen LogP contribution in [0.4, 0.5) is 0 Å². The van der Waals surface area contributed by atoms with Crippen molar-refractivity contribution in [3.63, 3.8) is 0 Å². The van der Waals surface area contributed by atoms with Crippen LogP contribution in [0.1, 0.15) is 23.7 Å². The van der Waals surface area contributed by atoms with Gasteiger partial charge in [0.15, 0.2) is 0 Å². The van der Waals surface area contributed by atoms with E-state index in [4.69, 9.17) is 0 Å². The van der Waals surface area contributed by atoms with Crippen molar-refractivity contribution in [2.24, 2.45) is 0 Å². The van der Waals surface area contributed by atoms with Crippen LogP contribution in [-0.4, -0.2) is 10.9 Å². The minimum atomic E-state index is -0.116. The first-order chi connectivity index (χ1) is 9.78. The molecule has 0 saturated carbocycles. The Morgan fingerprint density at radius 1 is 1.20 bits per heavy atom. The van der Waals surface area contributed by atoms with E-state index in [1.807, 2.05) is 36.4 Å². The number of amides is 1. The average molecular weight is 266 g/mol. The minimum Gasteiger partial charge on any atom is -0.347 e. The standard InChI is InChI=1S/C17H18N2O/c1-2-14-6-8-15(9-7-14)10-11-17(20)19-13-16-5-3-4-12-18-16/h3-12H,2,13H2,1H3,(H,19,20)/b11-10+. The molecule has 1 amide bonds. The molecule has 2 rings (SSSR count). The Bertz CT molecular complexity index is 574. The number of carbonyl (C=O) groups excluding carboxylic acids is 1. The molecular formula is C17H18N2O. The van der Waals surface area contributed by atoms with Crippen LogP contribution in [0, 0.1) is 0 Å². The lowest BCUT2D eigenvalue weighted by molar-refractivity contribution is -0.116. The Hall–Kier alpha value is -2.42. The van der Waals surface area contributed by atoms with Gasteiger partial charge in [-0.15, -0.1) is 0 Å². The summed E-state index contributed by atoms with van der Waals surface area (Å²) in [5.74, 6) is -0.116. The van der Waals surface area contributed by atoms with Gasteiger partial charge in [0.1, 0.15) is 0 Å². The first-order valence-corrected chi connectivity index (χ1v) is 6.72. The summed E-state index contributed by atoms with van der Waals surface area (Å²) in [6.45, 7) is 2.56. The van der Waals surface area contributed by atoms with Crippen LogP contribution < -0.4 is 5.32 Å². The molecule has 0 unspecified atom stereocenters. The van der Waals surface area contributed by atoms with Gasteiger partial charge in [-0.2, -0.15) is 0 Å². The molecule has 0 aliphatic carbocycles. The Kier molecular flexibility index (Phi) is 5.07. The fraction of sp³-hybridized carbons (Fsp3) is 0.176. The fourth-order valence-corrected chi connectivity index (χ4v) is 1.78. The van der Waals surface area contributed by atoms with Crippen molar-refractivity contribution in [1.29, 1.82) is 0 Å². The van der Waals surface area contributed by atoms with Gasteiger partial charge in [0.25, 0.3) is 0 Å². The summed E-state index contributed by atoms with van der Waals surface area (Å²) in [6, 6.07) is 13.8. The molecule has 20 heavy (non-hydrogen) atoms. The van der Waals surface area contributed by atoms with Crippen molar-refractivity contribution in [2.45, 2.75) is 19.9 Å². The highest BCUT2D eigenvalue weighted by Gasteiger charge is 1.97. The first kappa shape index (κ1) is 14.0. The molecule has 0 saturated heterocycles. The largest absolute Gasteiger partial charge is 0.347 e. The quantitative estimate of drug-likeness (QED) is 0.845. The summed E-state index contributed by atoms with van der Waals surface area (Å²) in [5, 5.41) is 2.80. The van der Waals surface area contributed by atoms with Crippen LogP contribution in [0.15, 0.2) is 54.7 Å². The zero-order valence-corrected chi connectivity index (χ0v) is 11.5. The smallest absolute Gasteiger partial charge is 0.244 e.